The summed E-state index contributed by atoms with van der Waals surface area (Å²) < 4.78 is 0. The summed E-state index contributed by atoms with van der Waals surface area (Å²) in [6.07, 6.45) is 3.70. The molecule has 0 nitrogen and oxygen atoms in total. The van der Waals surface area contributed by atoms with Gasteiger partial charge < -0.3 is 0 Å². The van der Waals surface area contributed by atoms with E-state index < -0.39 is 0 Å². The van der Waals surface area contributed by atoms with Gasteiger partial charge in [0.05, 0.1) is 0 Å². The van der Waals surface area contributed by atoms with Gasteiger partial charge in [0.15, 0.2) is 0 Å². The molecule has 0 spiro atoms. The monoisotopic (exact) mass is 180 g/mol. The van der Waals surface area contributed by atoms with Crippen LogP contribution in [0.5, 0.6) is 0 Å². The second-order valence-corrected chi connectivity index (χ2v) is 3.69. The van der Waals surface area contributed by atoms with E-state index >= 15 is 0 Å². The lowest BCUT2D eigenvalue weighted by Crippen LogP contribution is -1.89. The molecular weight excluding hydrogens is 164 g/mol. The van der Waals surface area contributed by atoms with Gasteiger partial charge in [0.1, 0.15) is 0 Å². The lowest BCUT2D eigenvalue weighted by molar-refractivity contribution is 0.709. The zero-order valence-electron chi connectivity index (χ0n) is 7.53. The Balaban J connectivity index is 2.48. The zero-order chi connectivity index (χ0) is 8.81. The molecule has 12 heavy (non-hydrogen) atoms. The Labute approximate surface area is 80.4 Å². The van der Waals surface area contributed by atoms with Gasteiger partial charge in [-0.2, -0.15) is 12.6 Å². The molecule has 1 aromatic carbocycles. The van der Waals surface area contributed by atoms with Crippen LogP contribution >= 0.6 is 12.6 Å². The molecule has 0 N–H and O–H groups in total. The number of benzene rings is 1. The fourth-order valence-corrected chi connectivity index (χ4v) is 1.59. The number of unbranched alkanes of at least 4 members (excludes halogenated alkanes) is 1. The Morgan fingerprint density at radius 1 is 1.25 bits per heavy atom. The van der Waals surface area contributed by atoms with Gasteiger partial charge in [-0.3, -0.25) is 0 Å². The fourth-order valence-electron chi connectivity index (χ4n) is 1.24. The predicted molar refractivity (Wildman–Crippen MR) is 57.7 cm³/mol. The summed E-state index contributed by atoms with van der Waals surface area (Å²) in [4.78, 5) is 0. The van der Waals surface area contributed by atoms with Crippen molar-refractivity contribution in [3.8, 4) is 0 Å². The minimum absolute atomic E-state index is 0.422. The largest absolute Gasteiger partial charge is 0.171 e. The molecular formula is C11H16S. The first-order valence-corrected chi connectivity index (χ1v) is 5.09. The van der Waals surface area contributed by atoms with Gasteiger partial charge in [-0.1, -0.05) is 50.1 Å². The molecule has 0 bridgehead atoms. The summed E-state index contributed by atoms with van der Waals surface area (Å²) in [6, 6.07) is 10.5. The third-order valence-electron chi connectivity index (χ3n) is 2.02. The molecule has 0 aromatic heterocycles. The van der Waals surface area contributed by atoms with Crippen molar-refractivity contribution in [1.29, 1.82) is 0 Å². The maximum Gasteiger partial charge on any atom is 0.0267 e. The van der Waals surface area contributed by atoms with E-state index in [1.165, 1.54) is 24.8 Å². The number of thiol groups is 1. The van der Waals surface area contributed by atoms with Crippen LogP contribution < -0.4 is 0 Å². The van der Waals surface area contributed by atoms with Crippen molar-refractivity contribution in [1.82, 2.24) is 0 Å². The standard InChI is InChI=1S/C11H16S/c1-2-3-9-11(12)10-7-5-4-6-8-10/h4-8,11-12H,2-3,9H2,1H3/t11-/m1/s1. The smallest absolute Gasteiger partial charge is 0.0267 e. The highest BCUT2D eigenvalue weighted by Crippen LogP contribution is 2.24. The van der Waals surface area contributed by atoms with E-state index in [2.05, 4.69) is 43.8 Å². The molecule has 0 aliphatic rings. The Hall–Kier alpha value is -0.430. The molecule has 0 aliphatic carbocycles. The van der Waals surface area contributed by atoms with Crippen LogP contribution in [0.1, 0.15) is 37.0 Å². The topological polar surface area (TPSA) is 0 Å². The van der Waals surface area contributed by atoms with Crippen molar-refractivity contribution in [2.45, 2.75) is 31.4 Å². The van der Waals surface area contributed by atoms with Crippen LogP contribution in [0.25, 0.3) is 0 Å². The predicted octanol–water partition coefficient (Wildman–Crippen LogP) is 3.85. The highest BCUT2D eigenvalue weighted by atomic mass is 32.1. The van der Waals surface area contributed by atoms with Crippen molar-refractivity contribution in [2.75, 3.05) is 0 Å². The van der Waals surface area contributed by atoms with E-state index in [1.54, 1.807) is 0 Å². The maximum absolute atomic E-state index is 4.55. The van der Waals surface area contributed by atoms with Crippen LogP contribution in [0, 0.1) is 0 Å². The van der Waals surface area contributed by atoms with E-state index in [9.17, 15) is 0 Å². The lowest BCUT2D eigenvalue weighted by atomic mass is 10.1. The van der Waals surface area contributed by atoms with Gasteiger partial charge in [-0.25, -0.2) is 0 Å². The number of rotatable bonds is 4. The molecule has 0 aliphatic heterocycles. The Morgan fingerprint density at radius 3 is 2.50 bits per heavy atom. The molecule has 0 fully saturated rings. The fraction of sp³-hybridized carbons (Fsp3) is 0.455. The minimum Gasteiger partial charge on any atom is -0.171 e. The van der Waals surface area contributed by atoms with Gasteiger partial charge in [0, 0.05) is 5.25 Å². The average molecular weight is 180 g/mol. The molecule has 66 valence electrons. The van der Waals surface area contributed by atoms with Crippen molar-refractivity contribution in [3.63, 3.8) is 0 Å². The first-order valence-electron chi connectivity index (χ1n) is 4.57. The van der Waals surface area contributed by atoms with E-state index in [0.717, 1.165) is 0 Å². The van der Waals surface area contributed by atoms with Gasteiger partial charge in [-0.15, -0.1) is 0 Å². The van der Waals surface area contributed by atoms with Crippen molar-refractivity contribution in [2.24, 2.45) is 0 Å². The van der Waals surface area contributed by atoms with Crippen molar-refractivity contribution in [3.05, 3.63) is 35.9 Å². The van der Waals surface area contributed by atoms with E-state index in [-0.39, 0.29) is 0 Å². The van der Waals surface area contributed by atoms with Gasteiger partial charge in [-0.05, 0) is 12.0 Å². The number of hydrogen-bond donors (Lipinski definition) is 1. The summed E-state index contributed by atoms with van der Waals surface area (Å²) in [6.45, 7) is 2.21. The molecule has 0 amide bonds. The second-order valence-electron chi connectivity index (χ2n) is 3.07. The Kier molecular flexibility index (Phi) is 4.23. The highest BCUT2D eigenvalue weighted by Gasteiger charge is 2.03. The Bertz CT molecular complexity index is 206. The van der Waals surface area contributed by atoms with Crippen LogP contribution in [0.4, 0.5) is 0 Å². The molecule has 1 heteroatoms. The lowest BCUT2D eigenvalue weighted by Gasteiger charge is -2.09. The maximum atomic E-state index is 4.55. The summed E-state index contributed by atoms with van der Waals surface area (Å²) in [5, 5.41) is 0.422. The van der Waals surface area contributed by atoms with Gasteiger partial charge in [0.2, 0.25) is 0 Å². The van der Waals surface area contributed by atoms with Gasteiger partial charge in [0.25, 0.3) is 0 Å². The normalized spacial score (nSPS) is 12.8. The van der Waals surface area contributed by atoms with Crippen LogP contribution in [0.2, 0.25) is 0 Å². The number of hydrogen-bond acceptors (Lipinski definition) is 1. The van der Waals surface area contributed by atoms with Crippen LogP contribution in [-0.2, 0) is 0 Å². The van der Waals surface area contributed by atoms with Crippen LogP contribution in [0.15, 0.2) is 30.3 Å². The quantitative estimate of drug-likeness (QED) is 0.668. The molecule has 1 atom stereocenters. The molecule has 0 heterocycles. The van der Waals surface area contributed by atoms with E-state index in [1.807, 2.05) is 6.07 Å². The average Bonchev–Trinajstić information content (AvgIpc) is 2.15. The van der Waals surface area contributed by atoms with Crippen LogP contribution in [0.3, 0.4) is 0 Å². The van der Waals surface area contributed by atoms with E-state index in [4.69, 9.17) is 0 Å². The third-order valence-corrected chi connectivity index (χ3v) is 2.57. The minimum atomic E-state index is 0.422. The zero-order valence-corrected chi connectivity index (χ0v) is 8.43. The molecule has 0 unspecified atom stereocenters. The molecule has 0 radical (unpaired) electrons. The summed E-state index contributed by atoms with van der Waals surface area (Å²) in [5.41, 5.74) is 1.34. The highest BCUT2D eigenvalue weighted by molar-refractivity contribution is 7.80. The van der Waals surface area contributed by atoms with Crippen molar-refractivity contribution < 1.29 is 0 Å². The SMILES string of the molecule is CCCC[C@@H](S)c1ccccc1. The molecule has 1 rings (SSSR count). The van der Waals surface area contributed by atoms with Crippen molar-refractivity contribution >= 4 is 12.6 Å². The Morgan fingerprint density at radius 2 is 1.92 bits per heavy atom. The third kappa shape index (κ3) is 2.90. The molecule has 0 saturated heterocycles. The first kappa shape index (κ1) is 9.66. The molecule has 1 aromatic rings. The van der Waals surface area contributed by atoms with Crippen LogP contribution in [-0.4, -0.2) is 0 Å². The first-order chi connectivity index (χ1) is 5.84. The second kappa shape index (κ2) is 5.26. The van der Waals surface area contributed by atoms with Gasteiger partial charge >= 0.3 is 0 Å². The van der Waals surface area contributed by atoms with E-state index in [0.29, 0.717) is 5.25 Å². The summed E-state index contributed by atoms with van der Waals surface area (Å²) >= 11 is 4.55. The molecule has 0 saturated carbocycles. The summed E-state index contributed by atoms with van der Waals surface area (Å²) in [5.74, 6) is 0. The summed E-state index contributed by atoms with van der Waals surface area (Å²) in [7, 11) is 0.